The average Bonchev–Trinajstić information content (AvgIpc) is 3.61. The second-order valence-corrected chi connectivity index (χ2v) is 13.3. The van der Waals surface area contributed by atoms with E-state index >= 15 is 0 Å². The molecule has 2 nitrogen and oxygen atoms in total. The molecule has 0 saturated heterocycles. The molecular weight excluding hydrogens is 631 g/mol. The van der Waals surface area contributed by atoms with Gasteiger partial charge in [0, 0.05) is 33.4 Å². The fourth-order valence-corrected chi connectivity index (χ4v) is 7.83. The summed E-state index contributed by atoms with van der Waals surface area (Å²) in [7, 11) is 0. The summed E-state index contributed by atoms with van der Waals surface area (Å²) >= 11 is 0. The Hall–Kier alpha value is -6.90. The maximum atomic E-state index is 6.45. The Morgan fingerprint density at radius 2 is 0.827 bits per heavy atom. The molecule has 0 unspecified atom stereocenters. The summed E-state index contributed by atoms with van der Waals surface area (Å²) in [6, 6.07) is 71.6. The molecule has 0 saturated carbocycles. The number of anilines is 3. The quantitative estimate of drug-likeness (QED) is 0.165. The molecule has 0 aliphatic carbocycles. The van der Waals surface area contributed by atoms with E-state index in [-0.39, 0.29) is 0 Å². The van der Waals surface area contributed by atoms with Gasteiger partial charge < -0.3 is 9.32 Å². The van der Waals surface area contributed by atoms with Crippen LogP contribution in [0.4, 0.5) is 17.1 Å². The standard InChI is InChI=1S/C50H33NO/c1-2-14-37(15-3-1)51(39-31-27-35(28-32-39)48-33-36-13-4-5-17-41(36)42-18-8-9-20-44(42)48)38-29-25-34(26-30-38)40-16-6-7-19-43(40)46-22-12-23-47-45-21-10-11-24-49(45)52-50(46)47/h1-33H. The van der Waals surface area contributed by atoms with Gasteiger partial charge in [-0.15, -0.1) is 0 Å². The van der Waals surface area contributed by atoms with Crippen molar-refractivity contribution in [1.29, 1.82) is 0 Å². The third kappa shape index (κ3) is 5.04. The van der Waals surface area contributed by atoms with E-state index in [1.807, 2.05) is 12.1 Å². The summed E-state index contributed by atoms with van der Waals surface area (Å²) < 4.78 is 6.45. The number of para-hydroxylation sites is 3. The van der Waals surface area contributed by atoms with Crippen molar-refractivity contribution in [2.75, 3.05) is 4.90 Å². The monoisotopic (exact) mass is 663 g/mol. The summed E-state index contributed by atoms with van der Waals surface area (Å²) in [5.41, 5.74) is 12.1. The average molecular weight is 664 g/mol. The van der Waals surface area contributed by atoms with E-state index in [1.165, 1.54) is 38.2 Å². The first-order chi connectivity index (χ1) is 25.8. The van der Waals surface area contributed by atoms with E-state index in [2.05, 4.69) is 193 Å². The number of hydrogen-bond donors (Lipinski definition) is 0. The SMILES string of the molecule is c1ccc(N(c2ccc(-c3ccccc3-c3cccc4c3oc3ccccc34)cc2)c2ccc(-c3cc4ccccc4c4ccccc34)cc2)cc1. The zero-order valence-electron chi connectivity index (χ0n) is 28.4. The molecule has 0 spiro atoms. The predicted molar refractivity (Wildman–Crippen MR) is 220 cm³/mol. The summed E-state index contributed by atoms with van der Waals surface area (Å²) in [5, 5.41) is 7.36. The number of benzene rings is 9. The van der Waals surface area contributed by atoms with Crippen molar-refractivity contribution in [2.45, 2.75) is 0 Å². The Labute approximate surface area is 302 Å². The lowest BCUT2D eigenvalue weighted by Gasteiger charge is -2.26. The van der Waals surface area contributed by atoms with Crippen LogP contribution in [0.25, 0.3) is 76.9 Å². The Morgan fingerprint density at radius 3 is 1.58 bits per heavy atom. The fourth-order valence-electron chi connectivity index (χ4n) is 7.83. The van der Waals surface area contributed by atoms with E-state index < -0.39 is 0 Å². The van der Waals surface area contributed by atoms with E-state index in [0.29, 0.717) is 0 Å². The van der Waals surface area contributed by atoms with Crippen LogP contribution in [-0.2, 0) is 0 Å². The predicted octanol–water partition coefficient (Wildman–Crippen LogP) is 14.4. The van der Waals surface area contributed by atoms with Crippen LogP contribution in [0.15, 0.2) is 205 Å². The van der Waals surface area contributed by atoms with Gasteiger partial charge in [-0.2, -0.15) is 0 Å². The number of nitrogens with zero attached hydrogens (tertiary/aromatic N) is 1. The van der Waals surface area contributed by atoms with Gasteiger partial charge in [-0.05, 0) is 97.9 Å². The van der Waals surface area contributed by atoms with Crippen molar-refractivity contribution in [2.24, 2.45) is 0 Å². The molecule has 0 aliphatic rings. The third-order valence-corrected chi connectivity index (χ3v) is 10.3. The van der Waals surface area contributed by atoms with E-state index in [4.69, 9.17) is 4.42 Å². The molecule has 52 heavy (non-hydrogen) atoms. The first-order valence-electron chi connectivity index (χ1n) is 17.8. The normalized spacial score (nSPS) is 11.5. The van der Waals surface area contributed by atoms with Crippen molar-refractivity contribution in [3.8, 4) is 33.4 Å². The minimum absolute atomic E-state index is 0.909. The Bertz CT molecular complexity index is 2890. The first kappa shape index (κ1) is 30.0. The highest BCUT2D eigenvalue weighted by Crippen LogP contribution is 2.42. The molecule has 0 bridgehead atoms. The van der Waals surface area contributed by atoms with Crippen LogP contribution in [0.2, 0.25) is 0 Å². The maximum Gasteiger partial charge on any atom is 0.143 e. The second-order valence-electron chi connectivity index (χ2n) is 13.3. The molecule has 9 aromatic carbocycles. The van der Waals surface area contributed by atoms with Crippen LogP contribution in [-0.4, -0.2) is 0 Å². The molecular formula is C50H33NO. The molecule has 1 heterocycles. The van der Waals surface area contributed by atoms with Crippen molar-refractivity contribution >= 4 is 60.5 Å². The van der Waals surface area contributed by atoms with Gasteiger partial charge in [-0.3, -0.25) is 0 Å². The van der Waals surface area contributed by atoms with Gasteiger partial charge in [0.1, 0.15) is 11.2 Å². The number of furan rings is 1. The van der Waals surface area contributed by atoms with Crippen molar-refractivity contribution in [3.05, 3.63) is 200 Å². The molecule has 0 radical (unpaired) electrons. The molecule has 244 valence electrons. The van der Waals surface area contributed by atoms with Crippen molar-refractivity contribution < 1.29 is 4.42 Å². The highest BCUT2D eigenvalue weighted by atomic mass is 16.3. The summed E-state index contributed by atoms with van der Waals surface area (Å²) in [5.74, 6) is 0. The second kappa shape index (κ2) is 12.5. The van der Waals surface area contributed by atoms with Crippen molar-refractivity contribution in [3.63, 3.8) is 0 Å². The zero-order valence-corrected chi connectivity index (χ0v) is 28.4. The highest BCUT2D eigenvalue weighted by Gasteiger charge is 2.17. The van der Waals surface area contributed by atoms with Crippen molar-refractivity contribution in [1.82, 2.24) is 0 Å². The Morgan fingerprint density at radius 1 is 0.308 bits per heavy atom. The first-order valence-corrected chi connectivity index (χ1v) is 17.8. The fraction of sp³-hybridized carbons (Fsp3) is 0. The van der Waals surface area contributed by atoms with Crippen LogP contribution >= 0.6 is 0 Å². The van der Waals surface area contributed by atoms with Gasteiger partial charge >= 0.3 is 0 Å². The summed E-state index contributed by atoms with van der Waals surface area (Å²) in [6.45, 7) is 0. The van der Waals surface area contributed by atoms with E-state index in [1.54, 1.807) is 0 Å². The lowest BCUT2D eigenvalue weighted by Crippen LogP contribution is -2.09. The zero-order chi connectivity index (χ0) is 34.4. The minimum atomic E-state index is 0.909. The molecule has 0 atom stereocenters. The molecule has 10 rings (SSSR count). The minimum Gasteiger partial charge on any atom is -0.455 e. The number of rotatable bonds is 6. The smallest absolute Gasteiger partial charge is 0.143 e. The molecule has 10 aromatic rings. The van der Waals surface area contributed by atoms with Crippen LogP contribution in [0, 0.1) is 0 Å². The van der Waals surface area contributed by atoms with Gasteiger partial charge in [0.15, 0.2) is 0 Å². The van der Waals surface area contributed by atoms with Crippen LogP contribution in [0.3, 0.4) is 0 Å². The van der Waals surface area contributed by atoms with E-state index in [0.717, 1.165) is 55.7 Å². The molecule has 2 heteroatoms. The van der Waals surface area contributed by atoms with Gasteiger partial charge in [0.05, 0.1) is 0 Å². The van der Waals surface area contributed by atoms with Gasteiger partial charge in [0.2, 0.25) is 0 Å². The maximum absolute atomic E-state index is 6.45. The van der Waals surface area contributed by atoms with Gasteiger partial charge in [-0.1, -0.05) is 152 Å². The molecule has 0 fully saturated rings. The molecule has 0 N–H and O–H groups in total. The van der Waals surface area contributed by atoms with Gasteiger partial charge in [-0.25, -0.2) is 0 Å². The van der Waals surface area contributed by atoms with Crippen LogP contribution in [0.1, 0.15) is 0 Å². The molecule has 0 aliphatic heterocycles. The molecule has 0 amide bonds. The Balaban J connectivity index is 1.04. The summed E-state index contributed by atoms with van der Waals surface area (Å²) in [6.07, 6.45) is 0. The largest absolute Gasteiger partial charge is 0.455 e. The van der Waals surface area contributed by atoms with Crippen LogP contribution < -0.4 is 4.90 Å². The van der Waals surface area contributed by atoms with E-state index in [9.17, 15) is 0 Å². The number of fused-ring (bicyclic) bond motifs is 6. The Kier molecular flexibility index (Phi) is 7.18. The van der Waals surface area contributed by atoms with Crippen LogP contribution in [0.5, 0.6) is 0 Å². The lowest BCUT2D eigenvalue weighted by molar-refractivity contribution is 0.670. The van der Waals surface area contributed by atoms with Gasteiger partial charge in [0.25, 0.3) is 0 Å². The topological polar surface area (TPSA) is 16.4 Å². The lowest BCUT2D eigenvalue weighted by atomic mass is 9.93. The number of hydrogen-bond acceptors (Lipinski definition) is 2. The highest BCUT2D eigenvalue weighted by molar-refractivity contribution is 6.14. The third-order valence-electron chi connectivity index (χ3n) is 10.3. The molecule has 1 aromatic heterocycles. The summed E-state index contributed by atoms with van der Waals surface area (Å²) in [4.78, 5) is 2.33.